The lowest BCUT2D eigenvalue weighted by Crippen LogP contribution is -2.35. The van der Waals surface area contributed by atoms with Crippen molar-refractivity contribution in [3.63, 3.8) is 0 Å². The van der Waals surface area contributed by atoms with Crippen LogP contribution in [0.2, 0.25) is 0 Å². The molecule has 1 saturated carbocycles. The maximum atomic E-state index is 9.51. The first kappa shape index (κ1) is 8.52. The number of rotatable bonds is 2. The standard InChI is InChI=1S/C30H24ClNO/c31-20-17-25(30-26(18-20)24-12-3-6-15-29(24)33-30)19-8-7-9-21(16-19)32-27-13-4-1-10-22(27)23-11-2-5-14-28(23)32/h1-16,20,25-26,30H,17-18H2/i1D,2D,3D,4D,5D,6D,7D,8D,9D,10D,11D,12D,13D,14D,15D,16D,17D,18D. The smallest absolute Gasteiger partial charge is 0.123 e. The minimum Gasteiger partial charge on any atom is -0.489 e. The second-order valence-electron chi connectivity index (χ2n) is 7.75. The molecule has 0 saturated heterocycles. The normalized spacial score (nSPS) is 36.0. The van der Waals surface area contributed by atoms with Gasteiger partial charge in [0.2, 0.25) is 0 Å². The van der Waals surface area contributed by atoms with E-state index in [0.29, 0.717) is 0 Å². The van der Waals surface area contributed by atoms with E-state index in [1.165, 1.54) is 0 Å². The van der Waals surface area contributed by atoms with Crippen LogP contribution < -0.4 is 4.74 Å². The summed E-state index contributed by atoms with van der Waals surface area (Å²) in [6.45, 7) is 0. The number of hydrogen-bond acceptors (Lipinski definition) is 1. The molecule has 6 atom stereocenters. The van der Waals surface area contributed by atoms with E-state index in [2.05, 4.69) is 0 Å². The Morgan fingerprint density at radius 2 is 1.45 bits per heavy atom. The molecule has 3 heteroatoms. The molecule has 5 aromatic rings. The Kier molecular flexibility index (Phi) is 1.91. The van der Waals surface area contributed by atoms with Gasteiger partial charge in [0.05, 0.1) is 33.0 Å². The summed E-state index contributed by atoms with van der Waals surface area (Å²) in [6.07, 6.45) is -4.27. The van der Waals surface area contributed by atoms with Gasteiger partial charge in [-0.05, 0) is 48.6 Å². The van der Waals surface area contributed by atoms with Crippen molar-refractivity contribution in [2.45, 2.75) is 36.1 Å². The van der Waals surface area contributed by atoms with Gasteiger partial charge in [-0.3, -0.25) is 0 Å². The number of hydrogen-bond donors (Lipinski definition) is 0. The third-order valence-corrected chi connectivity index (χ3v) is 6.27. The van der Waals surface area contributed by atoms with Crippen LogP contribution in [0.3, 0.4) is 0 Å². The highest BCUT2D eigenvalue weighted by atomic mass is 35.5. The van der Waals surface area contributed by atoms with E-state index in [-0.39, 0.29) is 22.1 Å². The van der Waals surface area contributed by atoms with Crippen LogP contribution in [0.25, 0.3) is 27.5 Å². The molecule has 0 bridgehead atoms. The average Bonchev–Trinajstić information content (AvgIpc) is 3.67. The molecule has 1 aromatic heterocycles. The fourth-order valence-corrected chi connectivity index (χ4v) is 4.93. The molecule has 0 radical (unpaired) electrons. The van der Waals surface area contributed by atoms with Crippen LogP contribution in [0.4, 0.5) is 0 Å². The fraction of sp³-hybridized carbons (Fsp3) is 0.200. The van der Waals surface area contributed by atoms with E-state index < -0.39 is 155 Å². The predicted octanol–water partition coefficient (Wildman–Crippen LogP) is 7.81. The lowest BCUT2D eigenvalue weighted by molar-refractivity contribution is 0.139. The number of halogens is 1. The molecule has 162 valence electrons. The molecular weight excluding hydrogens is 426 g/mol. The summed E-state index contributed by atoms with van der Waals surface area (Å²) in [5.74, 6) is -2.94. The second-order valence-corrected chi connectivity index (χ2v) is 8.26. The maximum absolute atomic E-state index is 9.51. The molecule has 4 aromatic carbocycles. The van der Waals surface area contributed by atoms with Crippen LogP contribution in [0.1, 0.15) is 60.4 Å². The molecule has 1 aliphatic carbocycles. The Morgan fingerprint density at radius 1 is 0.788 bits per heavy atom. The highest BCUT2D eigenvalue weighted by Gasteiger charge is 2.45. The second kappa shape index (κ2) is 7.40. The van der Waals surface area contributed by atoms with Gasteiger partial charge >= 0.3 is 0 Å². The van der Waals surface area contributed by atoms with Gasteiger partial charge in [0.15, 0.2) is 0 Å². The van der Waals surface area contributed by atoms with Gasteiger partial charge in [0.25, 0.3) is 0 Å². The third-order valence-electron chi connectivity index (χ3n) is 5.98. The van der Waals surface area contributed by atoms with Gasteiger partial charge in [-0.2, -0.15) is 0 Å². The van der Waals surface area contributed by atoms with Crippen molar-refractivity contribution in [1.29, 1.82) is 0 Å². The van der Waals surface area contributed by atoms with Crippen molar-refractivity contribution < 1.29 is 29.4 Å². The zero-order valence-corrected chi connectivity index (χ0v) is 17.5. The van der Waals surface area contributed by atoms with E-state index >= 15 is 0 Å². The Hall–Kier alpha value is -3.23. The number of aromatic nitrogens is 1. The van der Waals surface area contributed by atoms with Gasteiger partial charge < -0.3 is 9.30 Å². The molecule has 2 aliphatic rings. The summed E-state index contributed by atoms with van der Waals surface area (Å²) >= 11 is 6.67. The molecule has 7 rings (SSSR count). The number of ether oxygens (including phenoxy) is 1. The SMILES string of the molecule is [2H]c1c([2H])c([2H])c2c(c1[2H])OC1C(c3c([2H])c([2H])c([2H])c(-n4c5c([2H])c([2H])c([2H])c([2H])c5c5c([2H])c([2H])c([2H])c([2H])c54)c3[2H])C([2H])C(Cl)C([2H])C21. The summed E-state index contributed by atoms with van der Waals surface area (Å²) in [7, 11) is 0. The van der Waals surface area contributed by atoms with Crippen LogP contribution in [0, 0.1) is 0 Å². The van der Waals surface area contributed by atoms with E-state index in [0.717, 1.165) is 4.57 Å². The molecule has 0 N–H and O–H groups in total. The molecule has 6 unspecified atom stereocenters. The zero-order valence-electron chi connectivity index (χ0n) is 34.7. The number of alkyl halides is 1. The lowest BCUT2D eigenvalue weighted by Gasteiger charge is -2.36. The van der Waals surface area contributed by atoms with Gasteiger partial charge in [0, 0.05) is 42.0 Å². The maximum Gasteiger partial charge on any atom is 0.123 e. The zero-order chi connectivity index (χ0) is 37.6. The summed E-state index contributed by atoms with van der Waals surface area (Å²) in [4.78, 5) is 0. The monoisotopic (exact) mass is 467 g/mol. The topological polar surface area (TPSA) is 14.2 Å². The Labute approximate surface area is 223 Å². The van der Waals surface area contributed by atoms with Crippen LogP contribution in [-0.4, -0.2) is 16.0 Å². The van der Waals surface area contributed by atoms with Crippen molar-refractivity contribution >= 4 is 33.4 Å². The van der Waals surface area contributed by atoms with Crippen LogP contribution >= 0.6 is 11.6 Å². The van der Waals surface area contributed by atoms with Crippen LogP contribution in [-0.2, 0) is 0 Å². The number of para-hydroxylation sites is 3. The first-order valence-electron chi connectivity index (χ1n) is 19.3. The fourth-order valence-electron chi connectivity index (χ4n) is 4.62. The van der Waals surface area contributed by atoms with Crippen molar-refractivity contribution in [3.05, 3.63) is 108 Å². The molecule has 1 fully saturated rings. The van der Waals surface area contributed by atoms with Crippen LogP contribution in [0.15, 0.2) is 96.7 Å². The summed E-state index contributed by atoms with van der Waals surface area (Å²) in [6, 6.07) is -11.0. The highest BCUT2D eigenvalue weighted by Crippen LogP contribution is 2.51. The molecule has 0 spiro atoms. The molecule has 2 nitrogen and oxygen atoms in total. The summed E-state index contributed by atoms with van der Waals surface area (Å²) < 4.78 is 163. The first-order valence-corrected chi connectivity index (χ1v) is 10.6. The molecule has 2 heterocycles. The van der Waals surface area contributed by atoms with Gasteiger partial charge in [-0.25, -0.2) is 0 Å². The summed E-state index contributed by atoms with van der Waals surface area (Å²) in [5.41, 5.74) is -1.91. The van der Waals surface area contributed by atoms with E-state index in [1.807, 2.05) is 0 Å². The average molecular weight is 468 g/mol. The van der Waals surface area contributed by atoms with Crippen molar-refractivity contribution in [2.24, 2.45) is 0 Å². The highest BCUT2D eigenvalue weighted by molar-refractivity contribution is 6.20. The molecule has 0 amide bonds. The van der Waals surface area contributed by atoms with Crippen LogP contribution in [0.5, 0.6) is 5.75 Å². The number of fused-ring (bicyclic) bond motifs is 6. The van der Waals surface area contributed by atoms with Crippen molar-refractivity contribution in [2.75, 3.05) is 0 Å². The van der Waals surface area contributed by atoms with Crippen molar-refractivity contribution in [1.82, 2.24) is 4.57 Å². The Morgan fingerprint density at radius 3 is 2.24 bits per heavy atom. The largest absolute Gasteiger partial charge is 0.489 e. The quantitative estimate of drug-likeness (QED) is 0.241. The molecule has 33 heavy (non-hydrogen) atoms. The predicted molar refractivity (Wildman–Crippen MR) is 136 cm³/mol. The first-order chi connectivity index (χ1) is 23.8. The van der Waals surface area contributed by atoms with E-state index in [4.69, 9.17) is 39.6 Å². The van der Waals surface area contributed by atoms with E-state index in [9.17, 15) is 1.37 Å². The van der Waals surface area contributed by atoms with Gasteiger partial charge in [0.1, 0.15) is 11.9 Å². The number of benzene rings is 4. The molecule has 1 aliphatic heterocycles. The Bertz CT molecular complexity index is 2340. The number of nitrogens with zero attached hydrogens (tertiary/aromatic N) is 1. The Balaban J connectivity index is 1.62. The lowest BCUT2D eigenvalue weighted by atomic mass is 9.74. The van der Waals surface area contributed by atoms with Crippen molar-refractivity contribution in [3.8, 4) is 11.4 Å². The third kappa shape index (κ3) is 2.94. The summed E-state index contributed by atoms with van der Waals surface area (Å²) in [5, 5.41) is -2.03. The minimum absolute atomic E-state index is 0.0653. The van der Waals surface area contributed by atoms with E-state index in [1.54, 1.807) is 0 Å². The van der Waals surface area contributed by atoms with Gasteiger partial charge in [-0.15, -0.1) is 11.6 Å². The molecular formula is C30H24ClNO. The van der Waals surface area contributed by atoms with Gasteiger partial charge in [-0.1, -0.05) is 66.5 Å². The minimum atomic E-state index is -1.54.